The molecule has 60 valence electrons. The first-order valence-corrected chi connectivity index (χ1v) is 4.34. The number of alkyl halides is 1. The molecule has 0 bridgehead atoms. The first-order chi connectivity index (χ1) is 4.70. The van der Waals surface area contributed by atoms with Crippen LogP contribution in [0.5, 0.6) is 0 Å². The van der Waals surface area contributed by atoms with Crippen LogP contribution in [0.15, 0.2) is 0 Å². The lowest BCUT2D eigenvalue weighted by Gasteiger charge is -2.26. The average Bonchev–Trinajstić information content (AvgIpc) is 1.88. The summed E-state index contributed by atoms with van der Waals surface area (Å²) >= 11 is 0. The molecule has 0 unspecified atom stereocenters. The van der Waals surface area contributed by atoms with Crippen LogP contribution < -0.4 is 0 Å². The minimum atomic E-state index is -0.491. The van der Waals surface area contributed by atoms with Gasteiger partial charge in [-0.2, -0.15) is 0 Å². The highest BCUT2D eigenvalue weighted by Gasteiger charge is 2.22. The number of hydrogen-bond donors (Lipinski definition) is 0. The van der Waals surface area contributed by atoms with Crippen LogP contribution in [0.1, 0.15) is 39.5 Å². The minimum absolute atomic E-state index is 0.491. The lowest BCUT2D eigenvalue weighted by atomic mass is 9.81. The highest BCUT2D eigenvalue weighted by molar-refractivity contribution is 4.73. The van der Waals surface area contributed by atoms with E-state index < -0.39 is 6.17 Å². The molecule has 10 heavy (non-hydrogen) atoms. The molecule has 0 aliphatic heterocycles. The van der Waals surface area contributed by atoms with Crippen LogP contribution in [0.25, 0.3) is 0 Å². The van der Waals surface area contributed by atoms with Crippen LogP contribution in [-0.4, -0.2) is 6.17 Å². The third kappa shape index (κ3) is 1.96. The first kappa shape index (κ1) is 8.03. The summed E-state index contributed by atoms with van der Waals surface area (Å²) in [5, 5.41) is 0. The summed E-state index contributed by atoms with van der Waals surface area (Å²) < 4.78 is 12.6. The lowest BCUT2D eigenvalue weighted by Crippen LogP contribution is -2.18. The Morgan fingerprint density at radius 2 is 1.60 bits per heavy atom. The van der Waals surface area contributed by atoms with E-state index >= 15 is 0 Å². The van der Waals surface area contributed by atoms with Crippen molar-refractivity contribution in [3.05, 3.63) is 0 Å². The Labute approximate surface area is 62.8 Å². The molecule has 1 aliphatic carbocycles. The van der Waals surface area contributed by atoms with Gasteiger partial charge in [0, 0.05) is 0 Å². The van der Waals surface area contributed by atoms with E-state index in [1.165, 1.54) is 0 Å². The standard InChI is InChI=1S/C9H17F/c1-7(2)8-3-5-9(10)6-4-8/h7-9H,3-6H2,1-2H3/t8-,9+. The molecule has 0 N–H and O–H groups in total. The predicted molar refractivity (Wildman–Crippen MR) is 41.7 cm³/mol. The minimum Gasteiger partial charge on any atom is -0.247 e. The van der Waals surface area contributed by atoms with Crippen molar-refractivity contribution < 1.29 is 4.39 Å². The van der Waals surface area contributed by atoms with Gasteiger partial charge in [0.25, 0.3) is 0 Å². The normalized spacial score (nSPS) is 34.8. The van der Waals surface area contributed by atoms with E-state index in [1.807, 2.05) is 0 Å². The molecular weight excluding hydrogens is 127 g/mol. The zero-order valence-electron chi connectivity index (χ0n) is 6.94. The summed E-state index contributed by atoms with van der Waals surface area (Å²) in [6.07, 6.45) is 3.35. The second-order valence-electron chi connectivity index (χ2n) is 3.76. The van der Waals surface area contributed by atoms with Crippen molar-refractivity contribution in [2.24, 2.45) is 11.8 Å². The number of hydrogen-bond acceptors (Lipinski definition) is 0. The molecule has 1 saturated carbocycles. The maximum atomic E-state index is 12.6. The van der Waals surface area contributed by atoms with Crippen molar-refractivity contribution in [3.63, 3.8) is 0 Å². The van der Waals surface area contributed by atoms with Gasteiger partial charge in [0.1, 0.15) is 6.17 Å². The predicted octanol–water partition coefficient (Wildman–Crippen LogP) is 3.17. The third-order valence-corrected chi connectivity index (χ3v) is 2.64. The zero-order chi connectivity index (χ0) is 7.56. The van der Waals surface area contributed by atoms with Gasteiger partial charge in [0.05, 0.1) is 0 Å². The molecule has 1 heteroatoms. The summed E-state index contributed by atoms with van der Waals surface area (Å²) in [7, 11) is 0. The second-order valence-corrected chi connectivity index (χ2v) is 3.76. The average molecular weight is 144 g/mol. The summed E-state index contributed by atoms with van der Waals surface area (Å²) in [6, 6.07) is 0. The molecule has 1 rings (SSSR count). The molecule has 0 saturated heterocycles. The van der Waals surface area contributed by atoms with E-state index in [0.717, 1.165) is 37.5 Å². The van der Waals surface area contributed by atoms with Crippen molar-refractivity contribution in [1.29, 1.82) is 0 Å². The van der Waals surface area contributed by atoms with Gasteiger partial charge < -0.3 is 0 Å². The quantitative estimate of drug-likeness (QED) is 0.530. The summed E-state index contributed by atoms with van der Waals surface area (Å²) in [5.74, 6) is 1.56. The van der Waals surface area contributed by atoms with E-state index in [1.54, 1.807) is 0 Å². The fourth-order valence-electron chi connectivity index (χ4n) is 1.75. The largest absolute Gasteiger partial charge is 0.247 e. The van der Waals surface area contributed by atoms with Crippen LogP contribution in [0.3, 0.4) is 0 Å². The van der Waals surface area contributed by atoms with Crippen molar-refractivity contribution >= 4 is 0 Å². The van der Waals surface area contributed by atoms with Gasteiger partial charge in [0.15, 0.2) is 0 Å². The second kappa shape index (κ2) is 3.36. The first-order valence-electron chi connectivity index (χ1n) is 4.34. The lowest BCUT2D eigenvalue weighted by molar-refractivity contribution is 0.178. The molecule has 0 heterocycles. The molecular formula is C9H17F. The Balaban J connectivity index is 2.26. The Bertz CT molecular complexity index is 90.9. The van der Waals surface area contributed by atoms with E-state index in [9.17, 15) is 4.39 Å². The van der Waals surface area contributed by atoms with Crippen LogP contribution in [0.4, 0.5) is 4.39 Å². The fourth-order valence-corrected chi connectivity index (χ4v) is 1.75. The highest BCUT2D eigenvalue weighted by Crippen LogP contribution is 2.30. The Kier molecular flexibility index (Phi) is 2.70. The molecule has 0 spiro atoms. The van der Waals surface area contributed by atoms with E-state index in [0.29, 0.717) is 0 Å². The monoisotopic (exact) mass is 144 g/mol. The molecule has 0 nitrogen and oxygen atoms in total. The van der Waals surface area contributed by atoms with Crippen molar-refractivity contribution in [2.45, 2.75) is 45.7 Å². The molecule has 0 aromatic rings. The maximum Gasteiger partial charge on any atom is 0.100 e. The van der Waals surface area contributed by atoms with Gasteiger partial charge in [-0.25, -0.2) is 4.39 Å². The topological polar surface area (TPSA) is 0 Å². The molecule has 1 fully saturated rings. The van der Waals surface area contributed by atoms with Gasteiger partial charge in [-0.15, -0.1) is 0 Å². The third-order valence-electron chi connectivity index (χ3n) is 2.64. The van der Waals surface area contributed by atoms with Crippen molar-refractivity contribution in [1.82, 2.24) is 0 Å². The van der Waals surface area contributed by atoms with Gasteiger partial charge in [-0.05, 0) is 37.5 Å². The van der Waals surface area contributed by atoms with Gasteiger partial charge in [-0.3, -0.25) is 0 Å². The van der Waals surface area contributed by atoms with E-state index in [-0.39, 0.29) is 0 Å². The molecule has 0 radical (unpaired) electrons. The van der Waals surface area contributed by atoms with Crippen molar-refractivity contribution in [2.75, 3.05) is 0 Å². The van der Waals surface area contributed by atoms with Crippen molar-refractivity contribution in [3.8, 4) is 0 Å². The molecule has 0 amide bonds. The summed E-state index contributed by atoms with van der Waals surface area (Å²) in [5.41, 5.74) is 0. The SMILES string of the molecule is CC(C)[C@H]1CC[C@@H](F)CC1. The smallest absolute Gasteiger partial charge is 0.100 e. The van der Waals surface area contributed by atoms with Crippen LogP contribution in [0.2, 0.25) is 0 Å². The Morgan fingerprint density at radius 1 is 1.10 bits per heavy atom. The van der Waals surface area contributed by atoms with Crippen LogP contribution in [0, 0.1) is 11.8 Å². The van der Waals surface area contributed by atoms with Gasteiger partial charge in [-0.1, -0.05) is 13.8 Å². The molecule has 0 aromatic carbocycles. The summed E-state index contributed by atoms with van der Waals surface area (Å²) in [4.78, 5) is 0. The van der Waals surface area contributed by atoms with Gasteiger partial charge in [0.2, 0.25) is 0 Å². The van der Waals surface area contributed by atoms with Crippen LogP contribution in [-0.2, 0) is 0 Å². The molecule has 1 aliphatic rings. The van der Waals surface area contributed by atoms with Crippen LogP contribution >= 0.6 is 0 Å². The Morgan fingerprint density at radius 3 is 2.00 bits per heavy atom. The fraction of sp³-hybridized carbons (Fsp3) is 1.00. The highest BCUT2D eigenvalue weighted by atomic mass is 19.1. The number of rotatable bonds is 1. The number of halogens is 1. The Hall–Kier alpha value is -0.0700. The molecule has 0 atom stereocenters. The van der Waals surface area contributed by atoms with E-state index in [2.05, 4.69) is 13.8 Å². The zero-order valence-corrected chi connectivity index (χ0v) is 6.94. The molecule has 0 aromatic heterocycles. The summed E-state index contributed by atoms with van der Waals surface area (Å²) in [6.45, 7) is 4.48. The van der Waals surface area contributed by atoms with Gasteiger partial charge >= 0.3 is 0 Å². The maximum absolute atomic E-state index is 12.6. The van der Waals surface area contributed by atoms with E-state index in [4.69, 9.17) is 0 Å².